The molecule has 0 fully saturated rings. The molecule has 2 heteroatoms. The number of hydrogen-bond acceptors (Lipinski definition) is 2. The van der Waals surface area contributed by atoms with E-state index in [1.165, 1.54) is 5.56 Å². The third-order valence-electron chi connectivity index (χ3n) is 1.56. The largest absolute Gasteiger partial charge is 0.484 e. The van der Waals surface area contributed by atoms with Gasteiger partial charge in [-0.2, -0.15) is 0 Å². The molecule has 0 spiro atoms. The first-order chi connectivity index (χ1) is 5.25. The molecule has 0 N–H and O–H groups in total. The smallest absolute Gasteiger partial charge is 0.177 e. The summed E-state index contributed by atoms with van der Waals surface area (Å²) in [5, 5.41) is 3.17. The van der Waals surface area contributed by atoms with Gasteiger partial charge in [-0.25, -0.2) is 0 Å². The third-order valence-corrected chi connectivity index (χ3v) is 2.40. The molecule has 0 aromatic carbocycles. The van der Waals surface area contributed by atoms with Crippen LogP contribution in [-0.2, 0) is 0 Å². The van der Waals surface area contributed by atoms with E-state index in [1.807, 2.05) is 6.92 Å². The monoisotopic (exact) mass is 170 g/mol. The van der Waals surface area contributed by atoms with Gasteiger partial charge in [0.2, 0.25) is 0 Å². The molecule has 11 heavy (non-hydrogen) atoms. The van der Waals surface area contributed by atoms with E-state index in [2.05, 4.69) is 25.3 Å². The van der Waals surface area contributed by atoms with E-state index in [0.29, 0.717) is 5.92 Å². The van der Waals surface area contributed by atoms with Crippen LogP contribution in [0.4, 0.5) is 0 Å². The maximum atomic E-state index is 5.46. The molecular formula is C9H14OS. The van der Waals surface area contributed by atoms with Gasteiger partial charge in [-0.05, 0) is 24.3 Å². The average molecular weight is 170 g/mol. The molecule has 0 bridgehead atoms. The summed E-state index contributed by atoms with van der Waals surface area (Å²) in [4.78, 5) is 0. The first kappa shape index (κ1) is 8.60. The van der Waals surface area contributed by atoms with Crippen LogP contribution in [0, 0.1) is 0 Å². The number of thiophene rings is 1. The Labute approximate surface area is 72.0 Å². The van der Waals surface area contributed by atoms with Crippen molar-refractivity contribution in [3.63, 3.8) is 0 Å². The van der Waals surface area contributed by atoms with Crippen LogP contribution in [0.25, 0.3) is 0 Å². The van der Waals surface area contributed by atoms with Crippen molar-refractivity contribution >= 4 is 11.3 Å². The zero-order valence-corrected chi connectivity index (χ0v) is 8.07. The maximum Gasteiger partial charge on any atom is 0.177 e. The van der Waals surface area contributed by atoms with Gasteiger partial charge >= 0.3 is 0 Å². The lowest BCUT2D eigenvalue weighted by Gasteiger charge is -2.06. The van der Waals surface area contributed by atoms with E-state index in [-0.39, 0.29) is 0 Å². The minimum atomic E-state index is 0.572. The molecule has 1 aromatic rings. The highest BCUT2D eigenvalue weighted by atomic mass is 32.1. The van der Waals surface area contributed by atoms with Crippen LogP contribution in [0.1, 0.15) is 32.3 Å². The molecule has 1 heterocycles. The highest BCUT2D eigenvalue weighted by Crippen LogP contribution is 2.31. The molecular weight excluding hydrogens is 156 g/mol. The van der Waals surface area contributed by atoms with Gasteiger partial charge in [0, 0.05) is 5.56 Å². The van der Waals surface area contributed by atoms with Crippen molar-refractivity contribution < 1.29 is 4.74 Å². The summed E-state index contributed by atoms with van der Waals surface area (Å²) in [7, 11) is 0. The third kappa shape index (κ3) is 1.96. The second kappa shape index (κ2) is 3.77. The molecule has 0 radical (unpaired) electrons. The van der Waals surface area contributed by atoms with Crippen molar-refractivity contribution in [2.45, 2.75) is 26.7 Å². The first-order valence-electron chi connectivity index (χ1n) is 3.96. The quantitative estimate of drug-likeness (QED) is 0.676. The Morgan fingerprint density at radius 2 is 2.27 bits per heavy atom. The molecule has 0 unspecified atom stereocenters. The van der Waals surface area contributed by atoms with E-state index < -0.39 is 0 Å². The minimum absolute atomic E-state index is 0.572. The van der Waals surface area contributed by atoms with Gasteiger partial charge in [0.05, 0.1) is 6.61 Å². The molecule has 0 saturated heterocycles. The SMILES string of the molecule is CCOc1sccc1C(C)C. The van der Waals surface area contributed by atoms with Crippen LogP contribution >= 0.6 is 11.3 Å². The fourth-order valence-electron chi connectivity index (χ4n) is 0.982. The summed E-state index contributed by atoms with van der Waals surface area (Å²) < 4.78 is 5.46. The van der Waals surface area contributed by atoms with Crippen molar-refractivity contribution in [3.05, 3.63) is 17.0 Å². The van der Waals surface area contributed by atoms with Crippen molar-refractivity contribution in [3.8, 4) is 5.06 Å². The van der Waals surface area contributed by atoms with E-state index >= 15 is 0 Å². The standard InChI is InChI=1S/C9H14OS/c1-4-10-9-8(7(2)3)5-6-11-9/h5-7H,4H2,1-3H3. The average Bonchev–Trinajstić information content (AvgIpc) is 2.36. The van der Waals surface area contributed by atoms with Crippen LogP contribution in [-0.4, -0.2) is 6.61 Å². The Balaban J connectivity index is 2.78. The van der Waals surface area contributed by atoms with Crippen molar-refractivity contribution in [2.24, 2.45) is 0 Å². The fourth-order valence-corrected chi connectivity index (χ4v) is 1.95. The van der Waals surface area contributed by atoms with Gasteiger partial charge in [0.15, 0.2) is 5.06 Å². The number of rotatable bonds is 3. The van der Waals surface area contributed by atoms with Crippen LogP contribution in [0.3, 0.4) is 0 Å². The maximum absolute atomic E-state index is 5.46. The molecule has 0 atom stereocenters. The Morgan fingerprint density at radius 3 is 2.82 bits per heavy atom. The lowest BCUT2D eigenvalue weighted by molar-refractivity contribution is 0.346. The molecule has 0 aliphatic rings. The molecule has 0 aliphatic heterocycles. The Kier molecular flexibility index (Phi) is 2.94. The van der Waals surface area contributed by atoms with Crippen LogP contribution in [0.5, 0.6) is 5.06 Å². The second-order valence-electron chi connectivity index (χ2n) is 2.75. The van der Waals surface area contributed by atoms with Crippen LogP contribution in [0.15, 0.2) is 11.4 Å². The van der Waals surface area contributed by atoms with Gasteiger partial charge in [-0.3, -0.25) is 0 Å². The van der Waals surface area contributed by atoms with Crippen LogP contribution < -0.4 is 4.74 Å². The van der Waals surface area contributed by atoms with E-state index in [1.54, 1.807) is 11.3 Å². The van der Waals surface area contributed by atoms with E-state index in [4.69, 9.17) is 4.74 Å². The summed E-state index contributed by atoms with van der Waals surface area (Å²) in [6, 6.07) is 2.14. The molecule has 0 saturated carbocycles. The van der Waals surface area contributed by atoms with Crippen LogP contribution in [0.2, 0.25) is 0 Å². The Hall–Kier alpha value is -0.500. The summed E-state index contributed by atoms with van der Waals surface area (Å²) in [5.41, 5.74) is 1.33. The highest BCUT2D eigenvalue weighted by molar-refractivity contribution is 7.12. The molecule has 1 rings (SSSR count). The number of ether oxygens (including phenoxy) is 1. The lowest BCUT2D eigenvalue weighted by atomic mass is 10.1. The number of hydrogen-bond donors (Lipinski definition) is 0. The van der Waals surface area contributed by atoms with E-state index in [9.17, 15) is 0 Å². The predicted molar refractivity (Wildman–Crippen MR) is 49.6 cm³/mol. The predicted octanol–water partition coefficient (Wildman–Crippen LogP) is 3.27. The Bertz CT molecular complexity index is 215. The zero-order valence-electron chi connectivity index (χ0n) is 7.26. The molecule has 1 aromatic heterocycles. The minimum Gasteiger partial charge on any atom is -0.484 e. The van der Waals surface area contributed by atoms with Gasteiger partial charge in [-0.15, -0.1) is 11.3 Å². The topological polar surface area (TPSA) is 9.23 Å². The Morgan fingerprint density at radius 1 is 1.55 bits per heavy atom. The fraction of sp³-hybridized carbons (Fsp3) is 0.556. The van der Waals surface area contributed by atoms with Crippen molar-refractivity contribution in [2.75, 3.05) is 6.61 Å². The summed E-state index contributed by atoms with van der Waals surface area (Å²) in [6.07, 6.45) is 0. The summed E-state index contributed by atoms with van der Waals surface area (Å²) >= 11 is 1.68. The van der Waals surface area contributed by atoms with Crippen molar-refractivity contribution in [1.82, 2.24) is 0 Å². The van der Waals surface area contributed by atoms with Gasteiger partial charge in [-0.1, -0.05) is 13.8 Å². The summed E-state index contributed by atoms with van der Waals surface area (Å²) in [6.45, 7) is 7.15. The highest BCUT2D eigenvalue weighted by Gasteiger charge is 2.07. The van der Waals surface area contributed by atoms with Gasteiger partial charge < -0.3 is 4.74 Å². The van der Waals surface area contributed by atoms with E-state index in [0.717, 1.165) is 11.7 Å². The molecule has 1 nitrogen and oxygen atoms in total. The molecule has 0 aliphatic carbocycles. The first-order valence-corrected chi connectivity index (χ1v) is 4.83. The summed E-state index contributed by atoms with van der Waals surface area (Å²) in [5.74, 6) is 0.572. The lowest BCUT2D eigenvalue weighted by Crippen LogP contribution is -1.93. The van der Waals surface area contributed by atoms with Gasteiger partial charge in [0.25, 0.3) is 0 Å². The molecule has 0 amide bonds. The normalized spacial score (nSPS) is 10.5. The zero-order chi connectivity index (χ0) is 8.27. The second-order valence-corrected chi connectivity index (χ2v) is 3.63. The molecule has 62 valence electrons. The van der Waals surface area contributed by atoms with Crippen molar-refractivity contribution in [1.29, 1.82) is 0 Å². The van der Waals surface area contributed by atoms with Gasteiger partial charge in [0.1, 0.15) is 0 Å².